The normalized spacial score (nSPS) is 11.5. The molecule has 0 aliphatic carbocycles. The number of hydrogen-bond acceptors (Lipinski definition) is 4. The second kappa shape index (κ2) is 7.30. The van der Waals surface area contributed by atoms with Gasteiger partial charge in [0.25, 0.3) is 5.56 Å². The maximum atomic E-state index is 13.1. The molecule has 2 heterocycles. The number of amides is 1. The molecule has 3 aromatic rings. The van der Waals surface area contributed by atoms with Crippen molar-refractivity contribution in [1.82, 2.24) is 24.2 Å². The summed E-state index contributed by atoms with van der Waals surface area (Å²) in [7, 11) is 0. The van der Waals surface area contributed by atoms with Gasteiger partial charge in [-0.1, -0.05) is 0 Å². The van der Waals surface area contributed by atoms with Crippen molar-refractivity contribution in [2.45, 2.75) is 46.3 Å². The molecule has 0 spiro atoms. The second-order valence-electron chi connectivity index (χ2n) is 6.94. The van der Waals surface area contributed by atoms with Crippen molar-refractivity contribution >= 4 is 16.9 Å². The first kappa shape index (κ1) is 18.8. The van der Waals surface area contributed by atoms with Crippen LogP contribution in [0.4, 0.5) is 4.39 Å². The molecule has 142 valence electrons. The molecule has 7 nitrogen and oxygen atoms in total. The van der Waals surface area contributed by atoms with Crippen LogP contribution < -0.4 is 5.56 Å². The Bertz CT molecular complexity index is 1010. The number of benzene rings is 1. The van der Waals surface area contributed by atoms with E-state index in [0.717, 1.165) is 0 Å². The van der Waals surface area contributed by atoms with Crippen LogP contribution in [0.2, 0.25) is 0 Å². The van der Waals surface area contributed by atoms with Crippen molar-refractivity contribution in [1.29, 1.82) is 0 Å². The molecule has 1 amide bonds. The Balaban J connectivity index is 1.96. The molecule has 27 heavy (non-hydrogen) atoms. The summed E-state index contributed by atoms with van der Waals surface area (Å²) in [6.07, 6.45) is 2.76. The zero-order valence-electron chi connectivity index (χ0n) is 15.8. The molecule has 0 unspecified atom stereocenters. The number of carbonyl (C=O) groups is 1. The molecule has 0 bridgehead atoms. The summed E-state index contributed by atoms with van der Waals surface area (Å²) in [4.78, 5) is 31.4. The molecular formula is C19H22FN5O2. The van der Waals surface area contributed by atoms with Gasteiger partial charge in [0, 0.05) is 12.1 Å². The van der Waals surface area contributed by atoms with Gasteiger partial charge in [0.1, 0.15) is 24.1 Å². The first-order chi connectivity index (χ1) is 12.8. The van der Waals surface area contributed by atoms with E-state index < -0.39 is 0 Å². The van der Waals surface area contributed by atoms with E-state index in [0.29, 0.717) is 16.7 Å². The average Bonchev–Trinajstić information content (AvgIpc) is 3.02. The summed E-state index contributed by atoms with van der Waals surface area (Å²) in [6.45, 7) is 7.67. The number of halogens is 1. The Labute approximate surface area is 156 Å². The van der Waals surface area contributed by atoms with Crippen molar-refractivity contribution in [3.8, 4) is 5.69 Å². The predicted octanol–water partition coefficient (Wildman–Crippen LogP) is 2.37. The molecule has 8 heteroatoms. The van der Waals surface area contributed by atoms with E-state index in [9.17, 15) is 14.0 Å². The van der Waals surface area contributed by atoms with Crippen LogP contribution >= 0.6 is 0 Å². The van der Waals surface area contributed by atoms with Crippen molar-refractivity contribution < 1.29 is 9.18 Å². The van der Waals surface area contributed by atoms with Crippen molar-refractivity contribution in [2.24, 2.45) is 0 Å². The van der Waals surface area contributed by atoms with Crippen LogP contribution in [0.1, 0.15) is 27.7 Å². The third kappa shape index (κ3) is 3.60. The highest BCUT2D eigenvalue weighted by molar-refractivity contribution is 5.78. The number of rotatable bonds is 5. The molecule has 0 radical (unpaired) electrons. The Kier molecular flexibility index (Phi) is 5.07. The van der Waals surface area contributed by atoms with Gasteiger partial charge in [-0.05, 0) is 52.0 Å². The van der Waals surface area contributed by atoms with Gasteiger partial charge in [-0.15, -0.1) is 0 Å². The standard InChI is InChI=1S/C19H22FN5O2/c1-12(2)24(13(3)4)17(26)10-23-11-21-18-16(19(23)27)9-22-25(18)15-7-5-14(20)6-8-15/h5-9,11-13H,10H2,1-4H3. The Hall–Kier alpha value is -3.03. The van der Waals surface area contributed by atoms with E-state index in [1.54, 1.807) is 17.0 Å². The lowest BCUT2D eigenvalue weighted by molar-refractivity contribution is -0.135. The fraction of sp³-hybridized carbons (Fsp3) is 0.368. The Morgan fingerprint density at radius 3 is 2.37 bits per heavy atom. The van der Waals surface area contributed by atoms with Gasteiger partial charge in [-0.3, -0.25) is 14.2 Å². The summed E-state index contributed by atoms with van der Waals surface area (Å²) in [5.74, 6) is -0.502. The SMILES string of the molecule is CC(C)N(C(=O)Cn1cnc2c(cnn2-c2ccc(F)cc2)c1=O)C(C)C. The summed E-state index contributed by atoms with van der Waals surface area (Å²) < 4.78 is 15.9. The Morgan fingerprint density at radius 1 is 1.15 bits per heavy atom. The number of aromatic nitrogens is 4. The molecule has 0 aliphatic heterocycles. The molecule has 1 aromatic carbocycles. The molecule has 0 saturated heterocycles. The van der Waals surface area contributed by atoms with Crippen molar-refractivity contribution in [2.75, 3.05) is 0 Å². The first-order valence-electron chi connectivity index (χ1n) is 8.80. The maximum Gasteiger partial charge on any atom is 0.264 e. The summed E-state index contributed by atoms with van der Waals surface area (Å²) in [5.41, 5.74) is 0.618. The van der Waals surface area contributed by atoms with Crippen LogP contribution in [-0.2, 0) is 11.3 Å². The molecule has 0 atom stereocenters. The maximum absolute atomic E-state index is 13.1. The largest absolute Gasteiger partial charge is 0.336 e. The van der Waals surface area contributed by atoms with Gasteiger partial charge in [-0.2, -0.15) is 5.10 Å². The number of carbonyl (C=O) groups excluding carboxylic acids is 1. The first-order valence-corrected chi connectivity index (χ1v) is 8.80. The molecular weight excluding hydrogens is 349 g/mol. The number of fused-ring (bicyclic) bond motifs is 1. The molecule has 2 aromatic heterocycles. The summed E-state index contributed by atoms with van der Waals surface area (Å²) in [5, 5.41) is 4.49. The topological polar surface area (TPSA) is 73.0 Å². The van der Waals surface area contributed by atoms with Gasteiger partial charge in [0.15, 0.2) is 5.65 Å². The quantitative estimate of drug-likeness (QED) is 0.690. The van der Waals surface area contributed by atoms with E-state index in [2.05, 4.69) is 10.1 Å². The highest BCUT2D eigenvalue weighted by Gasteiger charge is 2.21. The van der Waals surface area contributed by atoms with Gasteiger partial charge in [-0.25, -0.2) is 14.1 Å². The van der Waals surface area contributed by atoms with Gasteiger partial charge in [0.05, 0.1) is 11.9 Å². The minimum atomic E-state index is -0.358. The molecule has 0 fully saturated rings. The predicted molar refractivity (Wildman–Crippen MR) is 100 cm³/mol. The third-order valence-corrected chi connectivity index (χ3v) is 4.33. The third-order valence-electron chi connectivity index (χ3n) is 4.33. The number of hydrogen-bond donors (Lipinski definition) is 0. The van der Waals surface area contributed by atoms with E-state index in [1.807, 2.05) is 27.7 Å². The van der Waals surface area contributed by atoms with Gasteiger partial charge in [0.2, 0.25) is 5.91 Å². The molecule has 3 rings (SSSR count). The monoisotopic (exact) mass is 371 g/mol. The Morgan fingerprint density at radius 2 is 1.78 bits per heavy atom. The average molecular weight is 371 g/mol. The lowest BCUT2D eigenvalue weighted by Crippen LogP contribution is -2.44. The summed E-state index contributed by atoms with van der Waals surface area (Å²) >= 11 is 0. The van der Waals surface area contributed by atoms with E-state index >= 15 is 0 Å². The van der Waals surface area contributed by atoms with E-state index in [4.69, 9.17) is 0 Å². The molecule has 0 saturated carbocycles. The van der Waals surface area contributed by atoms with Crippen LogP contribution in [0.15, 0.2) is 41.6 Å². The summed E-state index contributed by atoms with van der Waals surface area (Å²) in [6, 6.07) is 5.81. The van der Waals surface area contributed by atoms with Gasteiger partial charge < -0.3 is 4.90 Å². The lowest BCUT2D eigenvalue weighted by atomic mass is 10.2. The van der Waals surface area contributed by atoms with Gasteiger partial charge >= 0.3 is 0 Å². The van der Waals surface area contributed by atoms with E-state index in [-0.39, 0.29) is 35.9 Å². The number of nitrogens with zero attached hydrogens (tertiary/aromatic N) is 5. The van der Waals surface area contributed by atoms with Crippen LogP contribution in [0.3, 0.4) is 0 Å². The van der Waals surface area contributed by atoms with Crippen LogP contribution in [-0.4, -0.2) is 42.2 Å². The zero-order chi connectivity index (χ0) is 19.7. The van der Waals surface area contributed by atoms with Crippen molar-refractivity contribution in [3.63, 3.8) is 0 Å². The van der Waals surface area contributed by atoms with E-state index in [1.165, 1.54) is 33.9 Å². The zero-order valence-corrected chi connectivity index (χ0v) is 15.8. The van der Waals surface area contributed by atoms with Crippen LogP contribution in [0.5, 0.6) is 0 Å². The smallest absolute Gasteiger partial charge is 0.264 e. The highest BCUT2D eigenvalue weighted by Crippen LogP contribution is 2.14. The second-order valence-corrected chi connectivity index (χ2v) is 6.94. The van der Waals surface area contributed by atoms with Crippen LogP contribution in [0, 0.1) is 5.82 Å². The fourth-order valence-corrected chi connectivity index (χ4v) is 3.23. The van der Waals surface area contributed by atoms with Crippen LogP contribution in [0.25, 0.3) is 16.7 Å². The molecule has 0 N–H and O–H groups in total. The van der Waals surface area contributed by atoms with Crippen molar-refractivity contribution in [3.05, 3.63) is 53.0 Å². The lowest BCUT2D eigenvalue weighted by Gasteiger charge is -2.30. The highest BCUT2D eigenvalue weighted by atomic mass is 19.1. The minimum Gasteiger partial charge on any atom is -0.336 e. The fourth-order valence-electron chi connectivity index (χ4n) is 3.23. The minimum absolute atomic E-state index is 0.0334. The molecule has 0 aliphatic rings.